The van der Waals surface area contributed by atoms with Crippen molar-refractivity contribution in [2.24, 2.45) is 0 Å². The number of hydrogen-bond donors (Lipinski definition) is 2. The molecule has 5 nitrogen and oxygen atoms in total. The number of benzene rings is 1. The molecule has 128 valence electrons. The SMILES string of the molecule is CCOc1nc(N(c2cccc(Cl)c2)C2CCNCC2)ccc1O. The zero-order chi connectivity index (χ0) is 16.9. The van der Waals surface area contributed by atoms with Gasteiger partial charge in [-0.1, -0.05) is 17.7 Å². The lowest BCUT2D eigenvalue weighted by molar-refractivity contribution is 0.304. The van der Waals surface area contributed by atoms with E-state index in [0.29, 0.717) is 17.7 Å². The summed E-state index contributed by atoms with van der Waals surface area (Å²) in [6.07, 6.45) is 2.03. The molecule has 3 rings (SSSR count). The zero-order valence-corrected chi connectivity index (χ0v) is 14.5. The quantitative estimate of drug-likeness (QED) is 0.863. The first-order valence-electron chi connectivity index (χ1n) is 8.27. The molecule has 24 heavy (non-hydrogen) atoms. The first kappa shape index (κ1) is 16.9. The standard InChI is InChI=1S/C18H22ClN3O2/c1-2-24-18-16(23)6-7-17(21-18)22(14-8-10-20-11-9-14)15-5-3-4-13(19)12-15/h3-7,12,14,20,23H,2,8-11H2,1H3. The van der Waals surface area contributed by atoms with Gasteiger partial charge in [-0.25, -0.2) is 0 Å². The average molecular weight is 348 g/mol. The summed E-state index contributed by atoms with van der Waals surface area (Å²) in [6, 6.07) is 11.5. The van der Waals surface area contributed by atoms with E-state index in [9.17, 15) is 5.11 Å². The van der Waals surface area contributed by atoms with Gasteiger partial charge in [-0.3, -0.25) is 0 Å². The molecule has 2 aromatic rings. The van der Waals surface area contributed by atoms with E-state index in [0.717, 1.165) is 37.4 Å². The van der Waals surface area contributed by atoms with Gasteiger partial charge in [0.25, 0.3) is 5.88 Å². The Balaban J connectivity index is 2.02. The fourth-order valence-electron chi connectivity index (χ4n) is 3.02. The first-order chi connectivity index (χ1) is 11.7. The van der Waals surface area contributed by atoms with Crippen LogP contribution in [-0.2, 0) is 0 Å². The number of halogens is 1. The molecule has 1 aromatic heterocycles. The van der Waals surface area contributed by atoms with Crippen LogP contribution >= 0.6 is 11.6 Å². The maximum atomic E-state index is 9.94. The minimum atomic E-state index is 0.0527. The van der Waals surface area contributed by atoms with Crippen molar-refractivity contribution in [3.8, 4) is 11.6 Å². The third-order valence-electron chi connectivity index (χ3n) is 4.11. The topological polar surface area (TPSA) is 57.6 Å². The van der Waals surface area contributed by atoms with Gasteiger partial charge >= 0.3 is 0 Å². The van der Waals surface area contributed by atoms with Crippen LogP contribution in [0.1, 0.15) is 19.8 Å². The number of pyridine rings is 1. The van der Waals surface area contributed by atoms with Gasteiger partial charge < -0.3 is 20.1 Å². The molecule has 0 spiro atoms. The molecular formula is C18H22ClN3O2. The minimum absolute atomic E-state index is 0.0527. The second-order valence-electron chi connectivity index (χ2n) is 5.76. The largest absolute Gasteiger partial charge is 0.503 e. The van der Waals surface area contributed by atoms with Crippen molar-refractivity contribution in [2.45, 2.75) is 25.8 Å². The third kappa shape index (κ3) is 3.74. The molecule has 2 N–H and O–H groups in total. The molecule has 0 bridgehead atoms. The van der Waals surface area contributed by atoms with Crippen molar-refractivity contribution in [2.75, 3.05) is 24.6 Å². The first-order valence-corrected chi connectivity index (χ1v) is 8.65. The fraction of sp³-hybridized carbons (Fsp3) is 0.389. The Kier molecular flexibility index (Phi) is 5.43. The predicted molar refractivity (Wildman–Crippen MR) is 96.6 cm³/mol. The van der Waals surface area contributed by atoms with Crippen molar-refractivity contribution in [1.29, 1.82) is 0 Å². The van der Waals surface area contributed by atoms with E-state index in [1.807, 2.05) is 37.3 Å². The van der Waals surface area contributed by atoms with Crippen molar-refractivity contribution in [1.82, 2.24) is 10.3 Å². The molecule has 0 atom stereocenters. The molecule has 1 aliphatic heterocycles. The molecule has 1 saturated heterocycles. The molecule has 2 heterocycles. The smallest absolute Gasteiger partial charge is 0.258 e. The Labute approximate surface area is 147 Å². The van der Waals surface area contributed by atoms with Crippen LogP contribution in [-0.4, -0.2) is 35.8 Å². The number of hydrogen-bond acceptors (Lipinski definition) is 5. The van der Waals surface area contributed by atoms with Gasteiger partial charge in [-0.15, -0.1) is 0 Å². The Morgan fingerprint density at radius 3 is 2.79 bits per heavy atom. The molecule has 1 aromatic carbocycles. The van der Waals surface area contributed by atoms with Gasteiger partial charge in [-0.05, 0) is 63.2 Å². The van der Waals surface area contributed by atoms with E-state index >= 15 is 0 Å². The Morgan fingerprint density at radius 2 is 2.08 bits per heavy atom. The van der Waals surface area contributed by atoms with E-state index < -0.39 is 0 Å². The number of nitrogens with one attached hydrogen (secondary N) is 1. The summed E-state index contributed by atoms with van der Waals surface area (Å²) in [6.45, 7) is 4.26. The highest BCUT2D eigenvalue weighted by molar-refractivity contribution is 6.30. The van der Waals surface area contributed by atoms with Crippen LogP contribution in [0.2, 0.25) is 5.02 Å². The highest BCUT2D eigenvalue weighted by atomic mass is 35.5. The maximum Gasteiger partial charge on any atom is 0.258 e. The number of piperidine rings is 1. The van der Waals surface area contributed by atoms with Gasteiger partial charge in [0.15, 0.2) is 5.75 Å². The molecule has 0 aliphatic carbocycles. The lowest BCUT2D eigenvalue weighted by Gasteiger charge is -2.35. The van der Waals surface area contributed by atoms with Crippen LogP contribution in [0.5, 0.6) is 11.6 Å². The number of aromatic nitrogens is 1. The summed E-state index contributed by atoms with van der Waals surface area (Å²) in [7, 11) is 0. The number of aromatic hydroxyl groups is 1. The summed E-state index contributed by atoms with van der Waals surface area (Å²) in [4.78, 5) is 6.72. The molecule has 0 radical (unpaired) electrons. The van der Waals surface area contributed by atoms with Crippen LogP contribution in [0.3, 0.4) is 0 Å². The number of anilines is 2. The lowest BCUT2D eigenvalue weighted by atomic mass is 10.0. The summed E-state index contributed by atoms with van der Waals surface area (Å²) in [5.41, 5.74) is 0.995. The van der Waals surface area contributed by atoms with Gasteiger partial charge in [0.2, 0.25) is 0 Å². The number of rotatable bonds is 5. The summed E-state index contributed by atoms with van der Waals surface area (Å²) in [5.74, 6) is 1.07. The van der Waals surface area contributed by atoms with Crippen LogP contribution < -0.4 is 15.0 Å². The second kappa shape index (κ2) is 7.73. The molecule has 0 amide bonds. The maximum absolute atomic E-state index is 9.94. The van der Waals surface area contributed by atoms with E-state index in [-0.39, 0.29) is 11.6 Å². The fourth-order valence-corrected chi connectivity index (χ4v) is 3.21. The van der Waals surface area contributed by atoms with Crippen molar-refractivity contribution in [3.05, 3.63) is 41.4 Å². The van der Waals surface area contributed by atoms with E-state index in [1.54, 1.807) is 6.07 Å². The van der Waals surface area contributed by atoms with Gasteiger partial charge in [0, 0.05) is 16.8 Å². The van der Waals surface area contributed by atoms with Crippen molar-refractivity contribution >= 4 is 23.1 Å². The number of ether oxygens (including phenoxy) is 1. The molecule has 0 unspecified atom stereocenters. The molecule has 1 aliphatic rings. The molecular weight excluding hydrogens is 326 g/mol. The van der Waals surface area contributed by atoms with Crippen LogP contribution in [0.4, 0.5) is 11.5 Å². The van der Waals surface area contributed by atoms with Gasteiger partial charge in [0.1, 0.15) is 5.82 Å². The highest BCUT2D eigenvalue weighted by Gasteiger charge is 2.25. The molecule has 6 heteroatoms. The van der Waals surface area contributed by atoms with Crippen LogP contribution in [0, 0.1) is 0 Å². The monoisotopic (exact) mass is 347 g/mol. The van der Waals surface area contributed by atoms with Gasteiger partial charge in [0.05, 0.1) is 6.61 Å². The lowest BCUT2D eigenvalue weighted by Crippen LogP contribution is -2.41. The van der Waals surface area contributed by atoms with Crippen LogP contribution in [0.15, 0.2) is 36.4 Å². The summed E-state index contributed by atoms with van der Waals surface area (Å²) >= 11 is 6.20. The van der Waals surface area contributed by atoms with Crippen molar-refractivity contribution in [3.63, 3.8) is 0 Å². The second-order valence-corrected chi connectivity index (χ2v) is 6.19. The van der Waals surface area contributed by atoms with E-state index in [4.69, 9.17) is 16.3 Å². The summed E-state index contributed by atoms with van der Waals surface area (Å²) < 4.78 is 5.45. The minimum Gasteiger partial charge on any atom is -0.503 e. The summed E-state index contributed by atoms with van der Waals surface area (Å²) in [5, 5.41) is 14.0. The van der Waals surface area contributed by atoms with Crippen LogP contribution in [0.25, 0.3) is 0 Å². The number of nitrogens with zero attached hydrogens (tertiary/aromatic N) is 2. The molecule has 1 fully saturated rings. The van der Waals surface area contributed by atoms with E-state index in [2.05, 4.69) is 15.2 Å². The van der Waals surface area contributed by atoms with E-state index in [1.165, 1.54) is 0 Å². The Bertz CT molecular complexity index is 690. The third-order valence-corrected chi connectivity index (χ3v) is 4.35. The predicted octanol–water partition coefficient (Wildman–Crippen LogP) is 3.73. The highest BCUT2D eigenvalue weighted by Crippen LogP contribution is 2.34. The molecule has 0 saturated carbocycles. The van der Waals surface area contributed by atoms with Gasteiger partial charge in [-0.2, -0.15) is 4.98 Å². The van der Waals surface area contributed by atoms with Crippen molar-refractivity contribution < 1.29 is 9.84 Å². The average Bonchev–Trinajstić information content (AvgIpc) is 2.59. The zero-order valence-electron chi connectivity index (χ0n) is 13.7. The Morgan fingerprint density at radius 1 is 1.29 bits per heavy atom. The normalized spacial score (nSPS) is 15.2. The Hall–Kier alpha value is -1.98.